The molecule has 1 aromatic carbocycles. The number of Topliss-reactive ketones (excluding diaryl/α,β-unsaturated/α-hetero) is 1. The SMILES string of the molecule is CC(=O)c1c(C)[nH]c(C(=O)OC(C)C(=O)Nc2ccc(Cl)cc2Cl)c1C. The molecule has 8 heteroatoms. The van der Waals surface area contributed by atoms with Gasteiger partial charge in [-0.2, -0.15) is 0 Å². The molecule has 0 spiro atoms. The Kier molecular flexibility index (Phi) is 6.10. The number of ketones is 1. The number of esters is 1. The highest BCUT2D eigenvalue weighted by Gasteiger charge is 2.25. The maximum absolute atomic E-state index is 12.3. The van der Waals surface area contributed by atoms with Crippen molar-refractivity contribution in [2.24, 2.45) is 0 Å². The molecule has 2 aromatic rings. The first-order valence-electron chi connectivity index (χ1n) is 7.78. The summed E-state index contributed by atoms with van der Waals surface area (Å²) in [6, 6.07) is 4.62. The second-order valence-corrected chi connectivity index (χ2v) is 6.69. The second-order valence-electron chi connectivity index (χ2n) is 5.84. The van der Waals surface area contributed by atoms with Crippen molar-refractivity contribution in [1.29, 1.82) is 0 Å². The Balaban J connectivity index is 2.10. The van der Waals surface area contributed by atoms with Crippen LogP contribution in [0.1, 0.15) is 46.0 Å². The molecule has 1 aromatic heterocycles. The highest BCUT2D eigenvalue weighted by molar-refractivity contribution is 6.36. The number of hydrogen-bond donors (Lipinski definition) is 2. The van der Waals surface area contributed by atoms with Gasteiger partial charge in [-0.3, -0.25) is 9.59 Å². The third kappa shape index (κ3) is 4.26. The zero-order valence-electron chi connectivity index (χ0n) is 14.7. The zero-order valence-corrected chi connectivity index (χ0v) is 16.2. The van der Waals surface area contributed by atoms with Gasteiger partial charge in [-0.1, -0.05) is 23.2 Å². The average molecular weight is 397 g/mol. The molecule has 0 bridgehead atoms. The van der Waals surface area contributed by atoms with Crippen LogP contribution in [0.5, 0.6) is 0 Å². The first kappa shape index (κ1) is 20.0. The lowest BCUT2D eigenvalue weighted by Crippen LogP contribution is -2.30. The number of aryl methyl sites for hydroxylation is 1. The molecule has 0 fully saturated rings. The molecule has 1 unspecified atom stereocenters. The van der Waals surface area contributed by atoms with Crippen molar-refractivity contribution in [2.75, 3.05) is 5.32 Å². The summed E-state index contributed by atoms with van der Waals surface area (Å²) in [7, 11) is 0. The van der Waals surface area contributed by atoms with Crippen molar-refractivity contribution in [1.82, 2.24) is 4.98 Å². The summed E-state index contributed by atoms with van der Waals surface area (Å²) in [6.45, 7) is 6.20. The van der Waals surface area contributed by atoms with Crippen LogP contribution in [-0.2, 0) is 9.53 Å². The molecule has 26 heavy (non-hydrogen) atoms. The van der Waals surface area contributed by atoms with E-state index in [0.29, 0.717) is 27.5 Å². The molecule has 0 aliphatic heterocycles. The Bertz CT molecular complexity index is 890. The number of rotatable bonds is 5. The van der Waals surface area contributed by atoms with Gasteiger partial charge >= 0.3 is 5.97 Å². The van der Waals surface area contributed by atoms with E-state index in [-0.39, 0.29) is 16.5 Å². The normalized spacial score (nSPS) is 11.8. The van der Waals surface area contributed by atoms with Crippen molar-refractivity contribution >= 4 is 46.5 Å². The maximum atomic E-state index is 12.3. The predicted octanol–water partition coefficient (Wildman–Crippen LogP) is 4.32. The predicted molar refractivity (Wildman–Crippen MR) is 100 cm³/mol. The first-order chi connectivity index (χ1) is 12.1. The Morgan fingerprint density at radius 1 is 1.19 bits per heavy atom. The summed E-state index contributed by atoms with van der Waals surface area (Å²) in [5.74, 6) is -1.42. The van der Waals surface area contributed by atoms with Crippen LogP contribution >= 0.6 is 23.2 Å². The molecular formula is C18H18Cl2N2O4. The van der Waals surface area contributed by atoms with Gasteiger partial charge in [0.2, 0.25) is 0 Å². The molecule has 1 atom stereocenters. The molecule has 0 aliphatic rings. The van der Waals surface area contributed by atoms with Crippen LogP contribution in [0.25, 0.3) is 0 Å². The highest BCUT2D eigenvalue weighted by Crippen LogP contribution is 2.26. The van der Waals surface area contributed by atoms with Gasteiger partial charge in [-0.25, -0.2) is 4.79 Å². The number of nitrogens with one attached hydrogen (secondary N) is 2. The third-order valence-electron chi connectivity index (χ3n) is 3.84. The van der Waals surface area contributed by atoms with E-state index in [1.807, 2.05) is 0 Å². The number of aromatic nitrogens is 1. The van der Waals surface area contributed by atoms with E-state index < -0.39 is 18.0 Å². The topological polar surface area (TPSA) is 88.3 Å². The van der Waals surface area contributed by atoms with Crippen LogP contribution in [0, 0.1) is 13.8 Å². The fourth-order valence-corrected chi connectivity index (χ4v) is 3.04. The van der Waals surface area contributed by atoms with Gasteiger partial charge in [0.1, 0.15) is 5.69 Å². The van der Waals surface area contributed by atoms with Crippen molar-refractivity contribution < 1.29 is 19.1 Å². The van der Waals surface area contributed by atoms with Gasteiger partial charge in [0.25, 0.3) is 5.91 Å². The second kappa shape index (κ2) is 7.93. The minimum absolute atomic E-state index is 0.150. The number of ether oxygens (including phenoxy) is 1. The van der Waals surface area contributed by atoms with Gasteiger partial charge in [0.15, 0.2) is 11.9 Å². The van der Waals surface area contributed by atoms with Crippen molar-refractivity contribution in [3.05, 3.63) is 50.8 Å². The van der Waals surface area contributed by atoms with Crippen LogP contribution < -0.4 is 5.32 Å². The van der Waals surface area contributed by atoms with E-state index in [1.54, 1.807) is 26.0 Å². The Morgan fingerprint density at radius 3 is 2.38 bits per heavy atom. The van der Waals surface area contributed by atoms with E-state index in [4.69, 9.17) is 27.9 Å². The van der Waals surface area contributed by atoms with E-state index in [1.165, 1.54) is 19.9 Å². The van der Waals surface area contributed by atoms with E-state index in [2.05, 4.69) is 10.3 Å². The number of benzene rings is 1. The number of carbonyl (C=O) groups is 3. The molecular weight excluding hydrogens is 379 g/mol. The van der Waals surface area contributed by atoms with Crippen LogP contribution in [0.15, 0.2) is 18.2 Å². The minimum atomic E-state index is -1.07. The lowest BCUT2D eigenvalue weighted by atomic mass is 10.1. The Morgan fingerprint density at radius 2 is 1.85 bits per heavy atom. The molecule has 6 nitrogen and oxygen atoms in total. The Hall–Kier alpha value is -2.31. The maximum Gasteiger partial charge on any atom is 0.355 e. The highest BCUT2D eigenvalue weighted by atomic mass is 35.5. The number of anilines is 1. The molecule has 2 N–H and O–H groups in total. The molecule has 0 saturated heterocycles. The lowest BCUT2D eigenvalue weighted by Gasteiger charge is -2.14. The fourth-order valence-electron chi connectivity index (χ4n) is 2.58. The molecule has 1 heterocycles. The number of amides is 1. The summed E-state index contributed by atoms with van der Waals surface area (Å²) in [5, 5.41) is 3.28. The number of aromatic amines is 1. The van der Waals surface area contributed by atoms with Crippen molar-refractivity contribution in [2.45, 2.75) is 33.8 Å². The standard InChI is InChI=1S/C18H18Cl2N2O4/c1-8-15(10(3)23)9(2)21-16(8)18(25)26-11(4)17(24)22-14-6-5-12(19)7-13(14)20/h5-7,11,21H,1-4H3,(H,22,24). The minimum Gasteiger partial charge on any atom is -0.448 e. The van der Waals surface area contributed by atoms with Gasteiger partial charge in [0.05, 0.1) is 10.7 Å². The van der Waals surface area contributed by atoms with Crippen molar-refractivity contribution in [3.8, 4) is 0 Å². The van der Waals surface area contributed by atoms with Gasteiger partial charge in [-0.05, 0) is 51.5 Å². The third-order valence-corrected chi connectivity index (χ3v) is 4.38. The number of hydrogen-bond acceptors (Lipinski definition) is 4. The first-order valence-corrected chi connectivity index (χ1v) is 8.54. The van der Waals surface area contributed by atoms with Crippen LogP contribution in [0.2, 0.25) is 10.0 Å². The smallest absolute Gasteiger partial charge is 0.355 e. The van der Waals surface area contributed by atoms with E-state index in [0.717, 1.165) is 0 Å². The molecule has 0 radical (unpaired) electrons. The van der Waals surface area contributed by atoms with Crippen LogP contribution in [-0.4, -0.2) is 28.7 Å². The summed E-state index contributed by atoms with van der Waals surface area (Å²) < 4.78 is 5.20. The van der Waals surface area contributed by atoms with Crippen LogP contribution in [0.4, 0.5) is 5.69 Å². The molecule has 138 valence electrons. The number of H-pyrrole nitrogens is 1. The summed E-state index contributed by atoms with van der Waals surface area (Å²) in [6.07, 6.45) is -1.07. The molecule has 0 aliphatic carbocycles. The Labute approximate surface area is 160 Å². The summed E-state index contributed by atoms with van der Waals surface area (Å²) in [4.78, 5) is 39.1. The van der Waals surface area contributed by atoms with Crippen LogP contribution in [0.3, 0.4) is 0 Å². The van der Waals surface area contributed by atoms with Gasteiger partial charge < -0.3 is 15.0 Å². The quantitative estimate of drug-likeness (QED) is 0.581. The van der Waals surface area contributed by atoms with Crippen molar-refractivity contribution in [3.63, 3.8) is 0 Å². The van der Waals surface area contributed by atoms with Gasteiger partial charge in [0, 0.05) is 16.3 Å². The molecule has 0 saturated carbocycles. The largest absolute Gasteiger partial charge is 0.448 e. The monoisotopic (exact) mass is 396 g/mol. The zero-order chi connectivity index (χ0) is 19.6. The lowest BCUT2D eigenvalue weighted by molar-refractivity contribution is -0.123. The number of carbonyl (C=O) groups excluding carboxylic acids is 3. The summed E-state index contributed by atoms with van der Waals surface area (Å²) >= 11 is 11.8. The van der Waals surface area contributed by atoms with Gasteiger partial charge in [-0.15, -0.1) is 0 Å². The average Bonchev–Trinajstić information content (AvgIpc) is 2.84. The number of halogens is 2. The summed E-state index contributed by atoms with van der Waals surface area (Å²) in [5.41, 5.74) is 2.02. The molecule has 2 rings (SSSR count). The van der Waals surface area contributed by atoms with E-state index >= 15 is 0 Å². The molecule has 1 amide bonds. The fraction of sp³-hybridized carbons (Fsp3) is 0.278. The van der Waals surface area contributed by atoms with E-state index in [9.17, 15) is 14.4 Å².